The van der Waals surface area contributed by atoms with E-state index in [-0.39, 0.29) is 5.56 Å². The Morgan fingerprint density at radius 2 is 2.00 bits per heavy atom. The van der Waals surface area contributed by atoms with Crippen LogP contribution in [0.1, 0.15) is 15.9 Å². The number of aromatic nitrogens is 1. The Morgan fingerprint density at radius 3 is 2.61 bits per heavy atom. The average Bonchev–Trinajstić information content (AvgIpc) is 2.40. The molecule has 1 aromatic carbocycles. The van der Waals surface area contributed by atoms with Gasteiger partial charge in [0.15, 0.2) is 0 Å². The van der Waals surface area contributed by atoms with Gasteiger partial charge in [-0.1, -0.05) is 0 Å². The van der Waals surface area contributed by atoms with Gasteiger partial charge in [0.05, 0.1) is 17.3 Å². The monoisotopic (exact) mass is 239 g/mol. The first-order valence-electron chi connectivity index (χ1n) is 5.15. The molecule has 0 unspecified atom stereocenters. The SMILES string of the molecule is N#Cc1ccc(Nc2ccncc2C(=O)O)cc1. The molecule has 2 aromatic rings. The lowest BCUT2D eigenvalue weighted by Crippen LogP contribution is -2.03. The molecule has 88 valence electrons. The van der Waals surface area contributed by atoms with Gasteiger partial charge in [-0.2, -0.15) is 5.26 Å². The van der Waals surface area contributed by atoms with E-state index < -0.39 is 5.97 Å². The second-order valence-corrected chi connectivity index (χ2v) is 3.54. The summed E-state index contributed by atoms with van der Waals surface area (Å²) < 4.78 is 0. The van der Waals surface area contributed by atoms with E-state index in [9.17, 15) is 4.79 Å². The number of benzene rings is 1. The van der Waals surface area contributed by atoms with E-state index in [4.69, 9.17) is 10.4 Å². The molecule has 0 spiro atoms. The van der Waals surface area contributed by atoms with Crippen molar-refractivity contribution >= 4 is 17.3 Å². The van der Waals surface area contributed by atoms with Crippen LogP contribution in [0.2, 0.25) is 0 Å². The highest BCUT2D eigenvalue weighted by Crippen LogP contribution is 2.20. The van der Waals surface area contributed by atoms with Crippen molar-refractivity contribution in [1.82, 2.24) is 4.98 Å². The average molecular weight is 239 g/mol. The Kier molecular flexibility index (Phi) is 3.21. The maximum Gasteiger partial charge on any atom is 0.339 e. The number of carbonyl (C=O) groups is 1. The van der Waals surface area contributed by atoms with Crippen molar-refractivity contribution < 1.29 is 9.90 Å². The number of nitrogens with zero attached hydrogens (tertiary/aromatic N) is 2. The summed E-state index contributed by atoms with van der Waals surface area (Å²) in [7, 11) is 0. The zero-order valence-electron chi connectivity index (χ0n) is 9.29. The molecule has 0 radical (unpaired) electrons. The van der Waals surface area contributed by atoms with Crippen LogP contribution in [-0.2, 0) is 0 Å². The molecule has 5 nitrogen and oxygen atoms in total. The first-order chi connectivity index (χ1) is 8.70. The van der Waals surface area contributed by atoms with Gasteiger partial charge in [-0.3, -0.25) is 4.98 Å². The minimum Gasteiger partial charge on any atom is -0.478 e. The Morgan fingerprint density at radius 1 is 1.28 bits per heavy atom. The van der Waals surface area contributed by atoms with Crippen molar-refractivity contribution in [3.05, 3.63) is 53.9 Å². The smallest absolute Gasteiger partial charge is 0.339 e. The van der Waals surface area contributed by atoms with Crippen LogP contribution in [0.4, 0.5) is 11.4 Å². The molecule has 0 saturated heterocycles. The van der Waals surface area contributed by atoms with Gasteiger partial charge in [-0.25, -0.2) is 4.79 Å². The number of rotatable bonds is 3. The van der Waals surface area contributed by atoms with Gasteiger partial charge in [0.25, 0.3) is 0 Å². The van der Waals surface area contributed by atoms with Gasteiger partial charge >= 0.3 is 5.97 Å². The molecule has 0 bridgehead atoms. The lowest BCUT2D eigenvalue weighted by molar-refractivity contribution is 0.0697. The quantitative estimate of drug-likeness (QED) is 0.858. The summed E-state index contributed by atoms with van der Waals surface area (Å²) in [5, 5.41) is 20.7. The molecule has 1 aromatic heterocycles. The van der Waals surface area contributed by atoms with E-state index in [2.05, 4.69) is 10.3 Å². The summed E-state index contributed by atoms with van der Waals surface area (Å²) in [6.07, 6.45) is 2.80. The maximum absolute atomic E-state index is 11.0. The molecule has 0 amide bonds. The van der Waals surface area contributed by atoms with Crippen LogP contribution in [0.5, 0.6) is 0 Å². The molecule has 18 heavy (non-hydrogen) atoms. The summed E-state index contributed by atoms with van der Waals surface area (Å²) in [5.74, 6) is -1.04. The first-order valence-corrected chi connectivity index (χ1v) is 5.15. The second kappa shape index (κ2) is 4.97. The Balaban J connectivity index is 2.28. The molecule has 0 aliphatic heterocycles. The Hall–Kier alpha value is -2.87. The van der Waals surface area contributed by atoms with Crippen LogP contribution in [0.3, 0.4) is 0 Å². The molecule has 0 aliphatic rings. The summed E-state index contributed by atoms with van der Waals surface area (Å²) in [6.45, 7) is 0. The van der Waals surface area contributed by atoms with E-state index in [1.807, 2.05) is 6.07 Å². The third-order valence-electron chi connectivity index (χ3n) is 2.34. The fourth-order valence-electron chi connectivity index (χ4n) is 1.46. The minimum atomic E-state index is -1.04. The highest BCUT2D eigenvalue weighted by molar-refractivity contribution is 5.94. The van der Waals surface area contributed by atoms with Gasteiger partial charge in [0, 0.05) is 18.1 Å². The number of nitriles is 1. The van der Waals surface area contributed by atoms with Crippen LogP contribution in [0.25, 0.3) is 0 Å². The molecule has 5 heteroatoms. The number of aromatic carboxylic acids is 1. The summed E-state index contributed by atoms with van der Waals surface area (Å²) in [6, 6.07) is 10.3. The van der Waals surface area contributed by atoms with E-state index in [0.717, 1.165) is 0 Å². The predicted molar refractivity (Wildman–Crippen MR) is 65.6 cm³/mol. The number of nitrogens with one attached hydrogen (secondary N) is 1. The molecule has 2 N–H and O–H groups in total. The Labute approximate surface area is 103 Å². The summed E-state index contributed by atoms with van der Waals surface area (Å²) in [5.41, 5.74) is 1.82. The molecule has 0 saturated carbocycles. The van der Waals surface area contributed by atoms with E-state index in [0.29, 0.717) is 16.9 Å². The highest BCUT2D eigenvalue weighted by Gasteiger charge is 2.09. The van der Waals surface area contributed by atoms with Crippen molar-refractivity contribution in [2.45, 2.75) is 0 Å². The number of anilines is 2. The van der Waals surface area contributed by atoms with Crippen LogP contribution in [-0.4, -0.2) is 16.1 Å². The normalized spacial score (nSPS) is 9.50. The topological polar surface area (TPSA) is 86.0 Å². The number of carboxylic acid groups (broad SMARTS) is 1. The molecule has 1 heterocycles. The van der Waals surface area contributed by atoms with Gasteiger partial charge in [0.2, 0.25) is 0 Å². The van der Waals surface area contributed by atoms with Crippen LogP contribution in [0.15, 0.2) is 42.7 Å². The molecular formula is C13H9N3O2. The maximum atomic E-state index is 11.0. The van der Waals surface area contributed by atoms with Gasteiger partial charge in [-0.15, -0.1) is 0 Å². The fourth-order valence-corrected chi connectivity index (χ4v) is 1.46. The Bertz CT molecular complexity index is 615. The number of hydrogen-bond acceptors (Lipinski definition) is 4. The molecule has 2 rings (SSSR count). The minimum absolute atomic E-state index is 0.0989. The lowest BCUT2D eigenvalue weighted by atomic mass is 10.2. The van der Waals surface area contributed by atoms with Crippen molar-refractivity contribution in [2.75, 3.05) is 5.32 Å². The fraction of sp³-hybridized carbons (Fsp3) is 0. The van der Waals surface area contributed by atoms with Crippen molar-refractivity contribution in [3.63, 3.8) is 0 Å². The van der Waals surface area contributed by atoms with Crippen LogP contribution < -0.4 is 5.32 Å². The first kappa shape index (κ1) is 11.6. The molecular weight excluding hydrogens is 230 g/mol. The molecule has 0 fully saturated rings. The third kappa shape index (κ3) is 2.44. The van der Waals surface area contributed by atoms with Crippen molar-refractivity contribution in [2.24, 2.45) is 0 Å². The zero-order valence-corrected chi connectivity index (χ0v) is 9.29. The van der Waals surface area contributed by atoms with Gasteiger partial charge in [-0.05, 0) is 30.3 Å². The summed E-state index contributed by atoms with van der Waals surface area (Å²) in [4.78, 5) is 14.8. The number of pyridine rings is 1. The number of hydrogen-bond donors (Lipinski definition) is 2. The molecule has 0 aliphatic carbocycles. The lowest BCUT2D eigenvalue weighted by Gasteiger charge is -2.08. The predicted octanol–water partition coefficient (Wildman–Crippen LogP) is 2.40. The summed E-state index contributed by atoms with van der Waals surface area (Å²) >= 11 is 0. The number of carboxylic acids is 1. The third-order valence-corrected chi connectivity index (χ3v) is 2.34. The highest BCUT2D eigenvalue weighted by atomic mass is 16.4. The van der Waals surface area contributed by atoms with E-state index >= 15 is 0 Å². The molecule has 0 atom stereocenters. The second-order valence-electron chi connectivity index (χ2n) is 3.54. The zero-order chi connectivity index (χ0) is 13.0. The standard InChI is InChI=1S/C13H9N3O2/c14-7-9-1-3-10(4-2-9)16-12-5-6-15-8-11(12)13(17)18/h1-6,8H,(H,15,16)(H,17,18). The van der Waals surface area contributed by atoms with E-state index in [1.165, 1.54) is 12.4 Å². The van der Waals surface area contributed by atoms with Crippen LogP contribution >= 0.6 is 0 Å². The van der Waals surface area contributed by atoms with Crippen molar-refractivity contribution in [1.29, 1.82) is 5.26 Å². The van der Waals surface area contributed by atoms with Gasteiger partial charge in [0.1, 0.15) is 5.56 Å². The largest absolute Gasteiger partial charge is 0.478 e. The van der Waals surface area contributed by atoms with Crippen molar-refractivity contribution in [3.8, 4) is 6.07 Å². The van der Waals surface area contributed by atoms with Crippen LogP contribution in [0, 0.1) is 11.3 Å². The van der Waals surface area contributed by atoms with E-state index in [1.54, 1.807) is 30.3 Å². The van der Waals surface area contributed by atoms with Gasteiger partial charge < -0.3 is 10.4 Å².